The summed E-state index contributed by atoms with van der Waals surface area (Å²) in [5, 5.41) is 19.3. The van der Waals surface area contributed by atoms with Gasteiger partial charge in [0.15, 0.2) is 0 Å². The van der Waals surface area contributed by atoms with E-state index in [2.05, 4.69) is 5.32 Å². The normalized spacial score (nSPS) is 10.0. The molecule has 21 heavy (non-hydrogen) atoms. The predicted octanol–water partition coefficient (Wildman–Crippen LogP) is 0.646. The van der Waals surface area contributed by atoms with E-state index in [0.717, 1.165) is 18.2 Å². The number of aliphatic carboxylic acids is 2. The Balaban J connectivity index is 2.70. The van der Waals surface area contributed by atoms with E-state index in [-0.39, 0.29) is 5.56 Å². The Morgan fingerprint density at radius 3 is 2.19 bits per heavy atom. The molecular weight excluding hydrogens is 290 g/mol. The molecule has 0 heterocycles. The van der Waals surface area contributed by atoms with Gasteiger partial charge in [-0.1, -0.05) is 0 Å². The number of hydrogen-bond acceptors (Lipinski definition) is 3. The van der Waals surface area contributed by atoms with Gasteiger partial charge in [-0.3, -0.25) is 9.59 Å². The molecule has 0 saturated heterocycles. The van der Waals surface area contributed by atoms with Gasteiger partial charge in [0.2, 0.25) is 0 Å². The van der Waals surface area contributed by atoms with Gasteiger partial charge in [-0.25, -0.2) is 13.6 Å². The molecule has 2 amide bonds. The topological polar surface area (TPSA) is 107 Å². The van der Waals surface area contributed by atoms with Gasteiger partial charge in [-0.2, -0.15) is 0 Å². The summed E-state index contributed by atoms with van der Waals surface area (Å²) in [5.41, 5.74) is -0.144. The number of rotatable bonds is 6. The Labute approximate surface area is 117 Å². The number of carbonyl (C=O) groups excluding carboxylic acids is 1. The van der Waals surface area contributed by atoms with Crippen molar-refractivity contribution in [1.82, 2.24) is 10.2 Å². The molecule has 0 aromatic heterocycles. The summed E-state index contributed by atoms with van der Waals surface area (Å²) in [6, 6.07) is 1.64. The van der Waals surface area contributed by atoms with Crippen molar-refractivity contribution in [3.8, 4) is 0 Å². The summed E-state index contributed by atoms with van der Waals surface area (Å²) in [6.07, 6.45) is 0. The predicted molar refractivity (Wildman–Crippen MR) is 65.4 cm³/mol. The van der Waals surface area contributed by atoms with E-state index in [0.29, 0.717) is 4.90 Å². The van der Waals surface area contributed by atoms with Gasteiger partial charge in [0.25, 0.3) is 0 Å². The highest BCUT2D eigenvalue weighted by Gasteiger charge is 2.19. The Hall–Kier alpha value is -2.71. The fraction of sp³-hybridized carbons (Fsp3) is 0.250. The first-order valence-corrected chi connectivity index (χ1v) is 5.70. The molecule has 0 spiro atoms. The van der Waals surface area contributed by atoms with Crippen LogP contribution < -0.4 is 5.32 Å². The number of nitrogens with one attached hydrogen (secondary N) is 1. The van der Waals surface area contributed by atoms with Gasteiger partial charge in [-0.05, 0) is 18.2 Å². The van der Waals surface area contributed by atoms with Crippen LogP contribution in [0.25, 0.3) is 0 Å². The zero-order valence-electron chi connectivity index (χ0n) is 10.7. The van der Waals surface area contributed by atoms with Crippen molar-refractivity contribution < 1.29 is 33.4 Å². The fourth-order valence-corrected chi connectivity index (χ4v) is 1.49. The average molecular weight is 302 g/mol. The first-order valence-electron chi connectivity index (χ1n) is 5.70. The second kappa shape index (κ2) is 7.17. The maximum atomic E-state index is 13.3. The molecule has 114 valence electrons. The van der Waals surface area contributed by atoms with Gasteiger partial charge >= 0.3 is 18.0 Å². The lowest BCUT2D eigenvalue weighted by molar-refractivity contribution is -0.140. The van der Waals surface area contributed by atoms with Crippen LogP contribution in [0.5, 0.6) is 0 Å². The van der Waals surface area contributed by atoms with Crippen molar-refractivity contribution in [3.63, 3.8) is 0 Å². The lowest BCUT2D eigenvalue weighted by Gasteiger charge is -2.19. The van der Waals surface area contributed by atoms with Crippen LogP contribution in [0.3, 0.4) is 0 Å². The van der Waals surface area contributed by atoms with E-state index in [1.54, 1.807) is 0 Å². The maximum Gasteiger partial charge on any atom is 0.323 e. The summed E-state index contributed by atoms with van der Waals surface area (Å²) in [6.45, 7) is -2.06. The van der Waals surface area contributed by atoms with Crippen molar-refractivity contribution in [3.05, 3.63) is 35.4 Å². The molecule has 7 nitrogen and oxygen atoms in total. The minimum Gasteiger partial charge on any atom is -0.480 e. The largest absolute Gasteiger partial charge is 0.480 e. The third-order valence-electron chi connectivity index (χ3n) is 2.38. The standard InChI is InChI=1S/C12H12F2N2O5/c13-8-1-2-9(14)7(3-8)4-15-12(21)16(5-10(17)18)6-11(19)20/h1-3H,4-6H2,(H,15,21)(H,17,18)(H,19,20). The van der Waals surface area contributed by atoms with E-state index in [9.17, 15) is 23.2 Å². The lowest BCUT2D eigenvalue weighted by atomic mass is 10.2. The molecule has 0 aliphatic rings. The highest BCUT2D eigenvalue weighted by molar-refractivity contribution is 5.84. The Morgan fingerprint density at radius 2 is 1.67 bits per heavy atom. The quantitative estimate of drug-likeness (QED) is 0.715. The number of carbonyl (C=O) groups is 3. The van der Waals surface area contributed by atoms with Gasteiger partial charge in [0.05, 0.1) is 0 Å². The van der Waals surface area contributed by atoms with Gasteiger partial charge in [-0.15, -0.1) is 0 Å². The molecular formula is C12H12F2N2O5. The van der Waals surface area contributed by atoms with Gasteiger partial charge in [0.1, 0.15) is 24.7 Å². The molecule has 0 radical (unpaired) electrons. The Bertz CT molecular complexity index is 549. The number of amides is 2. The van der Waals surface area contributed by atoms with E-state index < -0.39 is 49.2 Å². The van der Waals surface area contributed by atoms with Crippen molar-refractivity contribution in [1.29, 1.82) is 0 Å². The highest BCUT2D eigenvalue weighted by atomic mass is 19.1. The number of carboxylic acids is 2. The van der Waals surface area contributed by atoms with Crippen LogP contribution in [-0.2, 0) is 16.1 Å². The summed E-state index contributed by atoms with van der Waals surface area (Å²) in [5.74, 6) is -4.25. The van der Waals surface area contributed by atoms with E-state index in [4.69, 9.17) is 10.2 Å². The van der Waals surface area contributed by atoms with Crippen molar-refractivity contribution in [2.45, 2.75) is 6.54 Å². The number of urea groups is 1. The molecule has 1 aromatic rings. The SMILES string of the molecule is O=C(O)CN(CC(=O)O)C(=O)NCc1cc(F)ccc1F. The van der Waals surface area contributed by atoms with Gasteiger partial charge < -0.3 is 20.4 Å². The number of halogens is 2. The molecule has 0 atom stereocenters. The molecule has 0 unspecified atom stereocenters. The molecule has 0 aliphatic heterocycles. The number of carboxylic acid groups (broad SMARTS) is 2. The molecule has 0 aliphatic carbocycles. The first kappa shape index (κ1) is 16.3. The number of hydrogen-bond donors (Lipinski definition) is 3. The molecule has 1 aromatic carbocycles. The van der Waals surface area contributed by atoms with Crippen LogP contribution in [-0.4, -0.2) is 46.2 Å². The molecule has 0 saturated carbocycles. The third kappa shape index (κ3) is 5.43. The van der Waals surface area contributed by atoms with Crippen molar-refractivity contribution >= 4 is 18.0 Å². The summed E-state index contributed by atoms with van der Waals surface area (Å²) >= 11 is 0. The molecule has 1 rings (SSSR count). The molecule has 0 bridgehead atoms. The Morgan fingerprint density at radius 1 is 1.10 bits per heavy atom. The van der Waals surface area contributed by atoms with Crippen LogP contribution in [0.4, 0.5) is 13.6 Å². The monoisotopic (exact) mass is 302 g/mol. The third-order valence-corrected chi connectivity index (χ3v) is 2.38. The maximum absolute atomic E-state index is 13.3. The zero-order valence-corrected chi connectivity index (χ0v) is 10.7. The van der Waals surface area contributed by atoms with Crippen LogP contribution in [0.2, 0.25) is 0 Å². The highest BCUT2D eigenvalue weighted by Crippen LogP contribution is 2.09. The van der Waals surface area contributed by atoms with Crippen LogP contribution in [0, 0.1) is 11.6 Å². The minimum absolute atomic E-state index is 0.144. The van der Waals surface area contributed by atoms with E-state index in [1.807, 2.05) is 0 Å². The summed E-state index contributed by atoms with van der Waals surface area (Å²) in [4.78, 5) is 33.3. The van der Waals surface area contributed by atoms with E-state index in [1.165, 1.54) is 0 Å². The minimum atomic E-state index is -1.40. The molecule has 3 N–H and O–H groups in total. The Kier molecular flexibility index (Phi) is 5.58. The van der Waals surface area contributed by atoms with Crippen LogP contribution in [0.15, 0.2) is 18.2 Å². The van der Waals surface area contributed by atoms with Crippen molar-refractivity contribution in [2.75, 3.05) is 13.1 Å². The first-order chi connectivity index (χ1) is 9.79. The zero-order chi connectivity index (χ0) is 16.0. The second-order valence-electron chi connectivity index (χ2n) is 4.04. The van der Waals surface area contributed by atoms with Crippen molar-refractivity contribution in [2.24, 2.45) is 0 Å². The van der Waals surface area contributed by atoms with Crippen LogP contribution in [0.1, 0.15) is 5.56 Å². The average Bonchev–Trinajstić information content (AvgIpc) is 2.37. The summed E-state index contributed by atoms with van der Waals surface area (Å²) in [7, 11) is 0. The number of benzene rings is 1. The van der Waals surface area contributed by atoms with E-state index >= 15 is 0 Å². The van der Waals surface area contributed by atoms with Gasteiger partial charge in [0, 0.05) is 12.1 Å². The number of nitrogens with zero attached hydrogens (tertiary/aromatic N) is 1. The smallest absolute Gasteiger partial charge is 0.323 e. The second-order valence-corrected chi connectivity index (χ2v) is 4.04. The fourth-order valence-electron chi connectivity index (χ4n) is 1.49. The van der Waals surface area contributed by atoms with Crippen LogP contribution >= 0.6 is 0 Å². The summed E-state index contributed by atoms with van der Waals surface area (Å²) < 4.78 is 26.3. The lowest BCUT2D eigenvalue weighted by Crippen LogP contribution is -2.45. The molecule has 0 fully saturated rings. The molecule has 9 heteroatoms.